The molecule has 0 aliphatic rings. The minimum Gasteiger partial charge on any atom is -0.444 e. The van der Waals surface area contributed by atoms with Crippen LogP contribution in [0.1, 0.15) is 31.1 Å². The van der Waals surface area contributed by atoms with Gasteiger partial charge in [-0.15, -0.1) is 0 Å². The number of benzene rings is 2. The van der Waals surface area contributed by atoms with Gasteiger partial charge in [0.25, 0.3) is 0 Å². The van der Waals surface area contributed by atoms with Crippen LogP contribution >= 0.6 is 11.6 Å². The SMILES string of the molecule is CC(C)(C)OC(=O)Nc1ccc(Cl)cc1-c1ccc(C=O)c(F)c1. The predicted molar refractivity (Wildman–Crippen MR) is 92.1 cm³/mol. The van der Waals surface area contributed by atoms with Crippen molar-refractivity contribution in [1.29, 1.82) is 0 Å². The van der Waals surface area contributed by atoms with Crippen LogP contribution in [0, 0.1) is 5.82 Å². The van der Waals surface area contributed by atoms with Gasteiger partial charge in [0.2, 0.25) is 0 Å². The molecular formula is C18H17ClFNO3. The molecule has 0 aliphatic heterocycles. The molecule has 2 aromatic carbocycles. The first-order valence-electron chi connectivity index (χ1n) is 7.24. The van der Waals surface area contributed by atoms with Gasteiger partial charge in [0.05, 0.1) is 11.3 Å². The predicted octanol–water partition coefficient (Wildman–Crippen LogP) is 5.31. The van der Waals surface area contributed by atoms with Gasteiger partial charge in [0.15, 0.2) is 6.29 Å². The Morgan fingerprint density at radius 3 is 2.50 bits per heavy atom. The van der Waals surface area contributed by atoms with Gasteiger partial charge >= 0.3 is 6.09 Å². The van der Waals surface area contributed by atoms with E-state index in [-0.39, 0.29) is 5.56 Å². The fourth-order valence-electron chi connectivity index (χ4n) is 2.07. The molecule has 0 saturated heterocycles. The van der Waals surface area contributed by atoms with Gasteiger partial charge < -0.3 is 4.74 Å². The monoisotopic (exact) mass is 349 g/mol. The number of aldehydes is 1. The van der Waals surface area contributed by atoms with Crippen LogP contribution in [-0.2, 0) is 4.74 Å². The summed E-state index contributed by atoms with van der Waals surface area (Å²) in [5, 5.41) is 3.06. The number of rotatable bonds is 3. The lowest BCUT2D eigenvalue weighted by Crippen LogP contribution is -2.27. The number of hydrogen-bond donors (Lipinski definition) is 1. The topological polar surface area (TPSA) is 55.4 Å². The quantitative estimate of drug-likeness (QED) is 0.764. The van der Waals surface area contributed by atoms with Gasteiger partial charge in [0, 0.05) is 10.6 Å². The molecule has 0 spiro atoms. The molecule has 2 aromatic rings. The van der Waals surface area contributed by atoms with E-state index in [1.54, 1.807) is 45.0 Å². The van der Waals surface area contributed by atoms with Gasteiger partial charge in [-0.25, -0.2) is 9.18 Å². The van der Waals surface area contributed by atoms with Crippen molar-refractivity contribution >= 4 is 29.7 Å². The highest BCUT2D eigenvalue weighted by molar-refractivity contribution is 6.31. The van der Waals surface area contributed by atoms with Crippen molar-refractivity contribution in [1.82, 2.24) is 0 Å². The summed E-state index contributed by atoms with van der Waals surface area (Å²) >= 11 is 6.01. The second kappa shape index (κ2) is 7.01. The normalized spacial score (nSPS) is 11.0. The molecule has 6 heteroatoms. The standard InChI is InChI=1S/C18H17ClFNO3/c1-18(2,3)24-17(23)21-16-7-6-13(19)9-14(16)11-4-5-12(10-22)15(20)8-11/h4-10H,1-3H3,(H,21,23). The lowest BCUT2D eigenvalue weighted by Gasteiger charge is -2.20. The maximum absolute atomic E-state index is 13.9. The third-order valence-corrected chi connectivity index (χ3v) is 3.29. The van der Waals surface area contributed by atoms with E-state index in [2.05, 4.69) is 5.32 Å². The van der Waals surface area contributed by atoms with Crippen LogP contribution in [0.15, 0.2) is 36.4 Å². The average molecular weight is 350 g/mol. The summed E-state index contributed by atoms with van der Waals surface area (Å²) < 4.78 is 19.1. The van der Waals surface area contributed by atoms with E-state index >= 15 is 0 Å². The molecule has 4 nitrogen and oxygen atoms in total. The molecule has 1 N–H and O–H groups in total. The van der Waals surface area contributed by atoms with E-state index in [1.807, 2.05) is 0 Å². The summed E-state index contributed by atoms with van der Waals surface area (Å²) in [7, 11) is 0. The Bertz CT molecular complexity index is 784. The highest BCUT2D eigenvalue weighted by Crippen LogP contribution is 2.32. The fraction of sp³-hybridized carbons (Fsp3) is 0.222. The Morgan fingerprint density at radius 1 is 1.21 bits per heavy atom. The molecule has 0 heterocycles. The van der Waals surface area contributed by atoms with Gasteiger partial charge in [-0.2, -0.15) is 0 Å². The molecule has 0 bridgehead atoms. The molecule has 0 fully saturated rings. The lowest BCUT2D eigenvalue weighted by molar-refractivity contribution is 0.0636. The smallest absolute Gasteiger partial charge is 0.412 e. The number of anilines is 1. The van der Waals surface area contributed by atoms with Crippen LogP contribution in [0.2, 0.25) is 5.02 Å². The van der Waals surface area contributed by atoms with E-state index in [9.17, 15) is 14.0 Å². The van der Waals surface area contributed by atoms with Gasteiger partial charge in [-0.05, 0) is 56.7 Å². The number of ether oxygens (including phenoxy) is 1. The maximum atomic E-state index is 13.9. The molecule has 1 amide bonds. The summed E-state index contributed by atoms with van der Waals surface area (Å²) in [5.74, 6) is -0.648. The van der Waals surface area contributed by atoms with E-state index < -0.39 is 17.5 Å². The highest BCUT2D eigenvalue weighted by atomic mass is 35.5. The minimum atomic E-state index is -0.648. The molecular weight excluding hydrogens is 333 g/mol. The highest BCUT2D eigenvalue weighted by Gasteiger charge is 2.18. The molecule has 0 aromatic heterocycles. The molecule has 0 aliphatic carbocycles. The van der Waals surface area contributed by atoms with E-state index in [1.165, 1.54) is 12.1 Å². The molecule has 24 heavy (non-hydrogen) atoms. The number of hydrogen-bond acceptors (Lipinski definition) is 3. The first kappa shape index (κ1) is 17.9. The average Bonchev–Trinajstić information content (AvgIpc) is 2.47. The Balaban J connectivity index is 2.39. The van der Waals surface area contributed by atoms with Crippen molar-refractivity contribution in [3.8, 4) is 11.1 Å². The van der Waals surface area contributed by atoms with E-state index in [0.717, 1.165) is 0 Å². The third-order valence-electron chi connectivity index (χ3n) is 3.06. The summed E-state index contributed by atoms with van der Waals surface area (Å²) in [4.78, 5) is 22.7. The zero-order valence-corrected chi connectivity index (χ0v) is 14.3. The molecule has 126 valence electrons. The Labute approximate surface area is 144 Å². The van der Waals surface area contributed by atoms with E-state index in [4.69, 9.17) is 16.3 Å². The van der Waals surface area contributed by atoms with Crippen LogP contribution in [0.25, 0.3) is 11.1 Å². The van der Waals surface area contributed by atoms with Crippen LogP contribution in [0.3, 0.4) is 0 Å². The van der Waals surface area contributed by atoms with Gasteiger partial charge in [-0.1, -0.05) is 17.7 Å². The van der Waals surface area contributed by atoms with E-state index in [0.29, 0.717) is 28.1 Å². The van der Waals surface area contributed by atoms with Crippen molar-refractivity contribution in [3.05, 3.63) is 52.8 Å². The Kier molecular flexibility index (Phi) is 5.24. The fourth-order valence-corrected chi connectivity index (χ4v) is 2.24. The second-order valence-electron chi connectivity index (χ2n) is 6.17. The number of amides is 1. The first-order chi connectivity index (χ1) is 11.2. The van der Waals surface area contributed by atoms with Gasteiger partial charge in [-0.3, -0.25) is 10.1 Å². The minimum absolute atomic E-state index is 0.0394. The maximum Gasteiger partial charge on any atom is 0.412 e. The number of carbonyl (C=O) groups is 2. The zero-order chi connectivity index (χ0) is 17.9. The van der Waals surface area contributed by atoms with Crippen LogP contribution in [0.4, 0.5) is 14.9 Å². The Hall–Kier alpha value is -2.40. The van der Waals surface area contributed by atoms with Gasteiger partial charge in [0.1, 0.15) is 11.4 Å². The zero-order valence-electron chi connectivity index (χ0n) is 13.5. The van der Waals surface area contributed by atoms with Crippen molar-refractivity contribution in [3.63, 3.8) is 0 Å². The van der Waals surface area contributed by atoms with Crippen LogP contribution < -0.4 is 5.32 Å². The number of nitrogens with one attached hydrogen (secondary N) is 1. The van der Waals surface area contributed by atoms with Crippen molar-refractivity contribution in [2.24, 2.45) is 0 Å². The first-order valence-corrected chi connectivity index (χ1v) is 7.62. The van der Waals surface area contributed by atoms with Crippen LogP contribution in [0.5, 0.6) is 0 Å². The largest absolute Gasteiger partial charge is 0.444 e. The van der Waals surface area contributed by atoms with Crippen LogP contribution in [-0.4, -0.2) is 18.0 Å². The summed E-state index contributed by atoms with van der Waals surface area (Å²) in [6.45, 7) is 5.26. The number of carbonyl (C=O) groups excluding carboxylic acids is 2. The Morgan fingerprint density at radius 2 is 1.92 bits per heavy atom. The summed E-state index contributed by atoms with van der Waals surface area (Å²) in [6.07, 6.45) is -0.187. The molecule has 0 saturated carbocycles. The van der Waals surface area contributed by atoms with Crippen molar-refractivity contribution in [2.75, 3.05) is 5.32 Å². The number of halogens is 2. The molecule has 0 radical (unpaired) electrons. The second-order valence-corrected chi connectivity index (χ2v) is 6.61. The van der Waals surface area contributed by atoms with Crippen molar-refractivity contribution in [2.45, 2.75) is 26.4 Å². The molecule has 0 unspecified atom stereocenters. The summed E-state index contributed by atoms with van der Waals surface area (Å²) in [5.41, 5.74) is 0.736. The third kappa shape index (κ3) is 4.55. The lowest BCUT2D eigenvalue weighted by atomic mass is 10.0. The van der Waals surface area contributed by atoms with Crippen molar-refractivity contribution < 1.29 is 18.7 Å². The molecule has 2 rings (SSSR count). The molecule has 0 atom stereocenters. The summed E-state index contributed by atoms with van der Waals surface area (Å²) in [6, 6.07) is 8.98.